The van der Waals surface area contributed by atoms with Gasteiger partial charge in [-0.15, -0.1) is 0 Å². The summed E-state index contributed by atoms with van der Waals surface area (Å²) < 4.78 is 61.0. The lowest BCUT2D eigenvalue weighted by atomic mass is 9.69. The Morgan fingerprint density at radius 2 is 1.77 bits per heavy atom. The molecular weight excluding hydrogens is 432 g/mol. The first-order valence-corrected chi connectivity index (χ1v) is 12.1. The molecule has 2 aromatic carbocycles. The fourth-order valence-electron chi connectivity index (χ4n) is 4.67. The number of hydrogen-bond acceptors (Lipinski definition) is 7. The molecule has 4 N–H and O–H groups in total. The highest BCUT2D eigenvalue weighted by atomic mass is 32.2. The average Bonchev–Trinajstić information content (AvgIpc) is 2.94. The molecule has 3 atom stereocenters. The molecule has 0 radical (unpaired) electrons. The quantitative estimate of drug-likeness (QED) is 0.701. The molecule has 0 aromatic heterocycles. The summed E-state index contributed by atoms with van der Waals surface area (Å²) in [5, 5.41) is 11.7. The van der Waals surface area contributed by atoms with Crippen LogP contribution in [0.4, 0.5) is 0 Å². The SMILES string of the molecule is COc1cc2c3c(ccc2cc1OS(N)(=O)=O)[C@@H]1CC[C@H](OS(N)(=O)=O)[C@@]1(C)C=C3. The van der Waals surface area contributed by atoms with Crippen LogP contribution >= 0.6 is 0 Å². The molecule has 0 amide bonds. The minimum absolute atomic E-state index is 0.000407. The number of rotatable bonds is 5. The van der Waals surface area contributed by atoms with Gasteiger partial charge in [0.2, 0.25) is 0 Å². The lowest BCUT2D eigenvalue weighted by Gasteiger charge is -2.37. The van der Waals surface area contributed by atoms with Crippen LogP contribution in [0.2, 0.25) is 0 Å². The lowest BCUT2D eigenvalue weighted by Crippen LogP contribution is -2.36. The van der Waals surface area contributed by atoms with E-state index in [-0.39, 0.29) is 17.4 Å². The summed E-state index contributed by atoms with van der Waals surface area (Å²) in [7, 11) is -6.86. The van der Waals surface area contributed by atoms with Gasteiger partial charge in [-0.1, -0.05) is 31.2 Å². The molecule has 0 spiro atoms. The van der Waals surface area contributed by atoms with Crippen molar-refractivity contribution >= 4 is 37.5 Å². The highest BCUT2D eigenvalue weighted by Crippen LogP contribution is 2.56. The van der Waals surface area contributed by atoms with E-state index in [1.54, 1.807) is 12.1 Å². The second-order valence-corrected chi connectivity index (χ2v) is 10.1. The van der Waals surface area contributed by atoms with Gasteiger partial charge in [0.25, 0.3) is 0 Å². The minimum atomic E-state index is -4.20. The number of fused-ring (bicyclic) bond motifs is 5. The Bertz CT molecular complexity index is 1270. The number of hydrogen-bond donors (Lipinski definition) is 2. The Kier molecular flexibility index (Phi) is 4.86. The van der Waals surface area contributed by atoms with Crippen molar-refractivity contribution < 1.29 is 29.9 Å². The summed E-state index contributed by atoms with van der Waals surface area (Å²) in [4.78, 5) is 0. The highest BCUT2D eigenvalue weighted by molar-refractivity contribution is 7.84. The number of ether oxygens (including phenoxy) is 1. The van der Waals surface area contributed by atoms with Crippen LogP contribution in [0.3, 0.4) is 0 Å². The predicted molar refractivity (Wildman–Crippen MR) is 111 cm³/mol. The van der Waals surface area contributed by atoms with Gasteiger partial charge in [-0.05, 0) is 52.8 Å². The van der Waals surface area contributed by atoms with E-state index in [0.717, 1.165) is 28.3 Å². The number of methoxy groups -OCH3 is 1. The van der Waals surface area contributed by atoms with E-state index in [0.29, 0.717) is 6.42 Å². The Morgan fingerprint density at radius 3 is 2.40 bits per heavy atom. The summed E-state index contributed by atoms with van der Waals surface area (Å²) >= 11 is 0. The number of benzene rings is 2. The van der Waals surface area contributed by atoms with E-state index in [1.807, 2.05) is 31.2 Å². The van der Waals surface area contributed by atoms with Crippen molar-refractivity contribution in [1.29, 1.82) is 0 Å². The summed E-state index contributed by atoms with van der Waals surface area (Å²) in [5.74, 6) is 0.271. The Morgan fingerprint density at radius 1 is 1.03 bits per heavy atom. The molecule has 2 aromatic rings. The normalized spacial score (nSPS) is 25.7. The van der Waals surface area contributed by atoms with E-state index in [4.69, 9.17) is 23.4 Å². The van der Waals surface area contributed by atoms with Gasteiger partial charge in [0, 0.05) is 5.41 Å². The molecule has 11 heteroatoms. The first-order chi connectivity index (χ1) is 13.9. The van der Waals surface area contributed by atoms with Crippen LogP contribution in [0.15, 0.2) is 30.3 Å². The van der Waals surface area contributed by atoms with E-state index in [9.17, 15) is 16.8 Å². The fraction of sp³-hybridized carbons (Fsp3) is 0.368. The molecule has 9 nitrogen and oxygen atoms in total. The summed E-state index contributed by atoms with van der Waals surface area (Å²) in [6, 6.07) is 7.07. The zero-order chi connectivity index (χ0) is 21.9. The van der Waals surface area contributed by atoms with E-state index in [2.05, 4.69) is 0 Å². The molecular formula is C19H22N2O7S2. The summed E-state index contributed by atoms with van der Waals surface area (Å²) in [6.07, 6.45) is 4.65. The van der Waals surface area contributed by atoms with Gasteiger partial charge < -0.3 is 8.92 Å². The molecule has 0 heterocycles. The van der Waals surface area contributed by atoms with Crippen LogP contribution in [0, 0.1) is 5.41 Å². The molecule has 2 aliphatic rings. The third-order valence-corrected chi connectivity index (χ3v) is 6.89. The van der Waals surface area contributed by atoms with E-state index < -0.39 is 32.1 Å². The van der Waals surface area contributed by atoms with Crippen molar-refractivity contribution in [2.75, 3.05) is 7.11 Å². The van der Waals surface area contributed by atoms with Crippen molar-refractivity contribution in [2.45, 2.75) is 31.8 Å². The van der Waals surface area contributed by atoms with Gasteiger partial charge in [0.15, 0.2) is 11.5 Å². The first kappa shape index (κ1) is 21.1. The van der Waals surface area contributed by atoms with E-state index in [1.165, 1.54) is 7.11 Å². The maximum atomic E-state index is 11.5. The van der Waals surface area contributed by atoms with Gasteiger partial charge in [-0.3, -0.25) is 4.18 Å². The second kappa shape index (κ2) is 6.92. The topological polar surface area (TPSA) is 148 Å². The summed E-state index contributed by atoms with van der Waals surface area (Å²) in [5.41, 5.74) is 1.48. The first-order valence-electron chi connectivity index (χ1n) is 9.18. The highest BCUT2D eigenvalue weighted by Gasteiger charge is 2.49. The third kappa shape index (κ3) is 3.67. The molecule has 0 aliphatic heterocycles. The van der Waals surface area contributed by atoms with Crippen molar-refractivity contribution in [3.63, 3.8) is 0 Å². The maximum Gasteiger partial charge on any atom is 0.380 e. The average molecular weight is 455 g/mol. The standard InChI is InChI=1S/C19H22N2O7S2/c1-19-8-7-12-13(15(19)5-6-18(19)28-30(21,24)25)4-3-11-9-17(27-29(20,22)23)16(26-2)10-14(11)12/h3-4,7-10,15,18H,5-6H2,1-2H3,(H2,20,22,23)(H2,21,24,25)/t15-,18-,19-/m0/s1. The Hall–Kier alpha value is -2.18. The minimum Gasteiger partial charge on any atom is -0.493 e. The van der Waals surface area contributed by atoms with Crippen molar-refractivity contribution in [1.82, 2.24) is 0 Å². The van der Waals surface area contributed by atoms with Gasteiger partial charge in [0.05, 0.1) is 13.2 Å². The monoisotopic (exact) mass is 454 g/mol. The zero-order valence-corrected chi connectivity index (χ0v) is 18.0. The van der Waals surface area contributed by atoms with Crippen molar-refractivity contribution in [3.8, 4) is 11.5 Å². The van der Waals surface area contributed by atoms with Crippen LogP contribution < -0.4 is 19.2 Å². The molecule has 1 saturated carbocycles. The molecule has 162 valence electrons. The van der Waals surface area contributed by atoms with Gasteiger partial charge in [-0.2, -0.15) is 22.0 Å². The second-order valence-electron chi connectivity index (χ2n) is 7.78. The molecule has 2 aliphatic carbocycles. The van der Waals surface area contributed by atoms with Gasteiger partial charge >= 0.3 is 20.6 Å². The van der Waals surface area contributed by atoms with Crippen LogP contribution in [0.1, 0.15) is 36.8 Å². The molecule has 0 bridgehead atoms. The molecule has 1 fully saturated rings. The number of nitrogens with two attached hydrogens (primary N) is 2. The molecule has 30 heavy (non-hydrogen) atoms. The Balaban J connectivity index is 1.82. The van der Waals surface area contributed by atoms with E-state index >= 15 is 0 Å². The molecule has 4 rings (SSSR count). The van der Waals surface area contributed by atoms with Crippen LogP contribution in [0.25, 0.3) is 16.8 Å². The Labute approximate surface area is 175 Å². The predicted octanol–water partition coefficient (Wildman–Crippen LogP) is 1.93. The molecule has 0 saturated heterocycles. The van der Waals surface area contributed by atoms with Gasteiger partial charge in [-0.25, -0.2) is 5.14 Å². The van der Waals surface area contributed by atoms with Gasteiger partial charge in [0.1, 0.15) is 0 Å². The van der Waals surface area contributed by atoms with Crippen LogP contribution in [-0.2, 0) is 24.8 Å². The van der Waals surface area contributed by atoms with Crippen LogP contribution in [-0.4, -0.2) is 30.0 Å². The lowest BCUT2D eigenvalue weighted by molar-refractivity contribution is 0.121. The van der Waals surface area contributed by atoms with Crippen molar-refractivity contribution in [3.05, 3.63) is 41.5 Å². The zero-order valence-electron chi connectivity index (χ0n) is 16.4. The molecule has 0 unspecified atom stereocenters. The van der Waals surface area contributed by atoms with Crippen molar-refractivity contribution in [2.24, 2.45) is 15.7 Å². The third-order valence-electron chi connectivity index (χ3n) is 5.98. The summed E-state index contributed by atoms with van der Waals surface area (Å²) in [6.45, 7) is 1.97. The largest absolute Gasteiger partial charge is 0.493 e. The smallest absolute Gasteiger partial charge is 0.380 e. The van der Waals surface area contributed by atoms with Crippen LogP contribution in [0.5, 0.6) is 11.5 Å². The maximum absolute atomic E-state index is 11.5. The fourth-order valence-corrected chi connectivity index (χ4v) is 5.67.